The molecule has 0 N–H and O–H groups in total. The first-order valence-electron chi connectivity index (χ1n) is 4.68. The van der Waals surface area contributed by atoms with Gasteiger partial charge >= 0.3 is 0 Å². The third-order valence-electron chi connectivity index (χ3n) is 2.56. The van der Waals surface area contributed by atoms with Crippen LogP contribution in [0.15, 0.2) is 0 Å². The standard InChI is InChI=1S/C9H12N4/c1-2-13-8-5-3-4-7(6-10)9(8)11-12-13/h7H,2-5H2,1H3. The second-order valence-corrected chi connectivity index (χ2v) is 3.31. The van der Waals surface area contributed by atoms with Crippen LogP contribution in [-0.4, -0.2) is 15.0 Å². The van der Waals surface area contributed by atoms with E-state index >= 15 is 0 Å². The van der Waals surface area contributed by atoms with Crippen molar-refractivity contribution >= 4 is 0 Å². The molecule has 1 unspecified atom stereocenters. The molecule has 13 heavy (non-hydrogen) atoms. The van der Waals surface area contributed by atoms with Gasteiger partial charge in [-0.25, -0.2) is 4.68 Å². The lowest BCUT2D eigenvalue weighted by atomic mass is 9.91. The van der Waals surface area contributed by atoms with Crippen LogP contribution in [0.1, 0.15) is 37.1 Å². The third kappa shape index (κ3) is 1.21. The summed E-state index contributed by atoms with van der Waals surface area (Å²) in [7, 11) is 0. The molecule has 0 spiro atoms. The number of nitriles is 1. The molecule has 0 aromatic carbocycles. The molecular weight excluding hydrogens is 164 g/mol. The van der Waals surface area contributed by atoms with E-state index in [1.807, 2.05) is 11.6 Å². The highest BCUT2D eigenvalue weighted by Gasteiger charge is 2.25. The van der Waals surface area contributed by atoms with Crippen LogP contribution in [0.4, 0.5) is 0 Å². The summed E-state index contributed by atoms with van der Waals surface area (Å²) in [4.78, 5) is 0. The van der Waals surface area contributed by atoms with Crippen LogP contribution in [-0.2, 0) is 13.0 Å². The molecular formula is C9H12N4. The molecule has 0 amide bonds. The third-order valence-corrected chi connectivity index (χ3v) is 2.56. The summed E-state index contributed by atoms with van der Waals surface area (Å²) < 4.78 is 1.90. The molecule has 1 aromatic rings. The van der Waals surface area contributed by atoms with Crippen molar-refractivity contribution < 1.29 is 0 Å². The molecule has 4 heteroatoms. The van der Waals surface area contributed by atoms with Crippen LogP contribution in [0.3, 0.4) is 0 Å². The van der Waals surface area contributed by atoms with Crippen molar-refractivity contribution in [3.05, 3.63) is 11.4 Å². The van der Waals surface area contributed by atoms with Crippen LogP contribution < -0.4 is 0 Å². The first-order chi connectivity index (χ1) is 6.36. The lowest BCUT2D eigenvalue weighted by Gasteiger charge is -2.15. The number of nitrogens with zero attached hydrogens (tertiary/aromatic N) is 4. The summed E-state index contributed by atoms with van der Waals surface area (Å²) >= 11 is 0. The van der Waals surface area contributed by atoms with E-state index in [-0.39, 0.29) is 5.92 Å². The molecule has 1 aliphatic rings. The van der Waals surface area contributed by atoms with E-state index in [0.29, 0.717) is 0 Å². The minimum atomic E-state index is -0.0240. The van der Waals surface area contributed by atoms with Crippen molar-refractivity contribution in [2.75, 3.05) is 0 Å². The van der Waals surface area contributed by atoms with Crippen molar-refractivity contribution in [2.24, 2.45) is 0 Å². The van der Waals surface area contributed by atoms with Gasteiger partial charge in [-0.15, -0.1) is 5.10 Å². The van der Waals surface area contributed by atoms with Gasteiger partial charge < -0.3 is 0 Å². The van der Waals surface area contributed by atoms with E-state index in [1.165, 1.54) is 5.69 Å². The van der Waals surface area contributed by atoms with Gasteiger partial charge in [0.15, 0.2) is 0 Å². The van der Waals surface area contributed by atoms with Gasteiger partial charge in [0.25, 0.3) is 0 Å². The number of rotatable bonds is 1. The Kier molecular flexibility index (Phi) is 2.01. The van der Waals surface area contributed by atoms with Crippen molar-refractivity contribution in [2.45, 2.75) is 38.6 Å². The monoisotopic (exact) mass is 176 g/mol. The first-order valence-corrected chi connectivity index (χ1v) is 4.68. The largest absolute Gasteiger partial charge is 0.249 e. The number of aryl methyl sites for hydroxylation is 1. The summed E-state index contributed by atoms with van der Waals surface area (Å²) in [5, 5.41) is 17.0. The Labute approximate surface area is 77.2 Å². The minimum absolute atomic E-state index is 0.0240. The first kappa shape index (κ1) is 8.24. The number of fused-ring (bicyclic) bond motifs is 1. The summed E-state index contributed by atoms with van der Waals surface area (Å²) in [6, 6.07) is 2.28. The second kappa shape index (κ2) is 3.17. The number of aromatic nitrogens is 3. The Hall–Kier alpha value is -1.37. The predicted molar refractivity (Wildman–Crippen MR) is 47.0 cm³/mol. The maximum absolute atomic E-state index is 8.89. The maximum atomic E-state index is 8.89. The highest BCUT2D eigenvalue weighted by atomic mass is 15.4. The van der Waals surface area contributed by atoms with Crippen molar-refractivity contribution in [1.29, 1.82) is 5.26 Å². The van der Waals surface area contributed by atoms with E-state index in [0.717, 1.165) is 31.5 Å². The van der Waals surface area contributed by atoms with E-state index in [9.17, 15) is 0 Å². The van der Waals surface area contributed by atoms with E-state index < -0.39 is 0 Å². The molecule has 1 heterocycles. The second-order valence-electron chi connectivity index (χ2n) is 3.31. The zero-order valence-electron chi connectivity index (χ0n) is 7.69. The van der Waals surface area contributed by atoms with Crippen molar-refractivity contribution in [3.63, 3.8) is 0 Å². The normalized spacial score (nSPS) is 20.8. The Morgan fingerprint density at radius 1 is 1.69 bits per heavy atom. The van der Waals surface area contributed by atoms with E-state index in [1.54, 1.807) is 0 Å². The van der Waals surface area contributed by atoms with Crippen LogP contribution in [0.2, 0.25) is 0 Å². The number of hydrogen-bond donors (Lipinski definition) is 0. The fourth-order valence-electron chi connectivity index (χ4n) is 1.86. The molecule has 1 aliphatic carbocycles. The van der Waals surface area contributed by atoms with E-state index in [2.05, 4.69) is 16.4 Å². The zero-order valence-corrected chi connectivity index (χ0v) is 7.69. The van der Waals surface area contributed by atoms with Crippen LogP contribution in [0.5, 0.6) is 0 Å². The fraction of sp³-hybridized carbons (Fsp3) is 0.667. The molecule has 0 saturated carbocycles. The molecule has 0 aliphatic heterocycles. The van der Waals surface area contributed by atoms with Gasteiger partial charge in [0.05, 0.1) is 17.7 Å². The Morgan fingerprint density at radius 2 is 2.54 bits per heavy atom. The van der Waals surface area contributed by atoms with Crippen LogP contribution >= 0.6 is 0 Å². The van der Waals surface area contributed by atoms with Crippen LogP contribution in [0, 0.1) is 11.3 Å². The average Bonchev–Trinajstić information content (AvgIpc) is 2.60. The molecule has 1 atom stereocenters. The molecule has 0 radical (unpaired) electrons. The summed E-state index contributed by atoms with van der Waals surface area (Å²) in [6.07, 6.45) is 3.04. The SMILES string of the molecule is CCn1nnc2c1CCCC2C#N. The summed E-state index contributed by atoms with van der Waals surface area (Å²) in [5.74, 6) is -0.0240. The fourth-order valence-corrected chi connectivity index (χ4v) is 1.86. The quantitative estimate of drug-likeness (QED) is 0.647. The molecule has 68 valence electrons. The lowest BCUT2D eigenvalue weighted by Crippen LogP contribution is -2.11. The smallest absolute Gasteiger partial charge is 0.103 e. The maximum Gasteiger partial charge on any atom is 0.103 e. The van der Waals surface area contributed by atoms with Gasteiger partial charge in [-0.05, 0) is 26.2 Å². The molecule has 0 fully saturated rings. The van der Waals surface area contributed by atoms with Gasteiger partial charge in [-0.1, -0.05) is 5.21 Å². The van der Waals surface area contributed by atoms with Gasteiger partial charge in [-0.3, -0.25) is 0 Å². The molecule has 0 saturated heterocycles. The van der Waals surface area contributed by atoms with Crippen LogP contribution in [0.25, 0.3) is 0 Å². The summed E-state index contributed by atoms with van der Waals surface area (Å²) in [5.41, 5.74) is 2.08. The Balaban J connectivity index is 2.43. The highest BCUT2D eigenvalue weighted by molar-refractivity contribution is 5.24. The highest BCUT2D eigenvalue weighted by Crippen LogP contribution is 2.28. The zero-order chi connectivity index (χ0) is 9.26. The molecule has 0 bridgehead atoms. The molecule has 4 nitrogen and oxygen atoms in total. The number of hydrogen-bond acceptors (Lipinski definition) is 3. The van der Waals surface area contributed by atoms with Gasteiger partial charge in [0.1, 0.15) is 5.69 Å². The van der Waals surface area contributed by atoms with Gasteiger partial charge in [0, 0.05) is 6.54 Å². The average molecular weight is 176 g/mol. The topological polar surface area (TPSA) is 54.5 Å². The Morgan fingerprint density at radius 3 is 3.23 bits per heavy atom. The predicted octanol–water partition coefficient (Wildman–Crippen LogP) is 1.24. The van der Waals surface area contributed by atoms with Crippen molar-refractivity contribution in [1.82, 2.24) is 15.0 Å². The Bertz CT molecular complexity index is 347. The van der Waals surface area contributed by atoms with Gasteiger partial charge in [-0.2, -0.15) is 5.26 Å². The van der Waals surface area contributed by atoms with Gasteiger partial charge in [0.2, 0.25) is 0 Å². The minimum Gasteiger partial charge on any atom is -0.249 e. The lowest BCUT2D eigenvalue weighted by molar-refractivity contribution is 0.564. The molecule has 1 aromatic heterocycles. The summed E-state index contributed by atoms with van der Waals surface area (Å²) in [6.45, 7) is 2.89. The van der Waals surface area contributed by atoms with Crippen molar-refractivity contribution in [3.8, 4) is 6.07 Å². The van der Waals surface area contributed by atoms with E-state index in [4.69, 9.17) is 5.26 Å². The molecule has 2 rings (SSSR count).